The smallest absolute Gasteiger partial charge is 0.220 e. The lowest BCUT2D eigenvalue weighted by Crippen LogP contribution is -2.23. The zero-order chi connectivity index (χ0) is 16.8. The molecule has 0 unspecified atom stereocenters. The lowest BCUT2D eigenvalue weighted by Gasteiger charge is -2.21. The van der Waals surface area contributed by atoms with E-state index in [9.17, 15) is 4.79 Å². The number of hydrogen-bond acceptors (Lipinski definition) is 2. The highest BCUT2D eigenvalue weighted by molar-refractivity contribution is 5.75. The van der Waals surface area contributed by atoms with E-state index in [0.717, 1.165) is 29.4 Å². The second-order valence-electron chi connectivity index (χ2n) is 6.83. The molecule has 1 amide bonds. The van der Waals surface area contributed by atoms with E-state index < -0.39 is 0 Å². The Morgan fingerprint density at radius 3 is 2.88 bits per heavy atom. The highest BCUT2D eigenvalue weighted by Gasteiger charge is 2.14. The summed E-state index contributed by atoms with van der Waals surface area (Å²) in [4.78, 5) is 16.4. The Labute approximate surface area is 144 Å². The third kappa shape index (κ3) is 4.47. The average Bonchev–Trinajstić information content (AvgIpc) is 3.05. The molecule has 0 aliphatic heterocycles. The average molecular weight is 325 g/mol. The van der Waals surface area contributed by atoms with Gasteiger partial charge in [0.1, 0.15) is 5.82 Å². The molecule has 2 aromatic rings. The van der Waals surface area contributed by atoms with Gasteiger partial charge >= 0.3 is 0 Å². The summed E-state index contributed by atoms with van der Waals surface area (Å²) < 4.78 is 2.05. The molecule has 4 nitrogen and oxygen atoms in total. The molecule has 1 aliphatic carbocycles. The van der Waals surface area contributed by atoms with Gasteiger partial charge in [-0.25, -0.2) is 4.98 Å². The van der Waals surface area contributed by atoms with Gasteiger partial charge in [0.15, 0.2) is 0 Å². The maximum atomic E-state index is 12.1. The van der Waals surface area contributed by atoms with E-state index >= 15 is 0 Å². The van der Waals surface area contributed by atoms with Crippen LogP contribution in [0.5, 0.6) is 0 Å². The molecule has 1 aromatic heterocycles. The number of aryl methyl sites for hydroxylation is 1. The Morgan fingerprint density at radius 1 is 1.29 bits per heavy atom. The van der Waals surface area contributed by atoms with Gasteiger partial charge in [0, 0.05) is 31.0 Å². The van der Waals surface area contributed by atoms with Gasteiger partial charge in [0.25, 0.3) is 0 Å². The molecule has 0 bridgehead atoms. The molecule has 1 heterocycles. The zero-order valence-electron chi connectivity index (χ0n) is 14.5. The normalized spacial score (nSPS) is 15.4. The van der Waals surface area contributed by atoms with Crippen LogP contribution in [0.15, 0.2) is 36.7 Å². The van der Waals surface area contributed by atoms with Gasteiger partial charge in [-0.15, -0.1) is 0 Å². The van der Waals surface area contributed by atoms with Gasteiger partial charge in [-0.1, -0.05) is 44.2 Å². The number of rotatable bonds is 6. The van der Waals surface area contributed by atoms with Crippen LogP contribution in [0.25, 0.3) is 5.69 Å². The highest BCUT2D eigenvalue weighted by Crippen LogP contribution is 2.27. The summed E-state index contributed by atoms with van der Waals surface area (Å²) in [5, 5.41) is 3.06. The second kappa shape index (κ2) is 8.13. The first-order valence-corrected chi connectivity index (χ1v) is 9.08. The van der Waals surface area contributed by atoms with Crippen LogP contribution in [0.4, 0.5) is 0 Å². The van der Waals surface area contributed by atoms with Crippen molar-refractivity contribution in [3.05, 3.63) is 48.0 Å². The lowest BCUT2D eigenvalue weighted by atomic mass is 9.86. The van der Waals surface area contributed by atoms with Crippen LogP contribution in [-0.2, 0) is 11.3 Å². The summed E-state index contributed by atoms with van der Waals surface area (Å²) in [6.45, 7) is 2.57. The van der Waals surface area contributed by atoms with Crippen molar-refractivity contribution in [3.63, 3.8) is 0 Å². The third-order valence-corrected chi connectivity index (χ3v) is 5.01. The van der Waals surface area contributed by atoms with E-state index in [1.807, 2.05) is 23.8 Å². The first kappa shape index (κ1) is 16.7. The molecule has 0 spiro atoms. The number of amides is 1. The molecule has 1 N–H and O–H groups in total. The van der Waals surface area contributed by atoms with Gasteiger partial charge in [-0.2, -0.15) is 0 Å². The molecule has 0 saturated heterocycles. The molecule has 1 fully saturated rings. The van der Waals surface area contributed by atoms with Gasteiger partial charge in [-0.3, -0.25) is 4.79 Å². The summed E-state index contributed by atoms with van der Waals surface area (Å²) in [5.41, 5.74) is 2.20. The first-order valence-electron chi connectivity index (χ1n) is 9.08. The van der Waals surface area contributed by atoms with Gasteiger partial charge in [0.2, 0.25) is 5.91 Å². The van der Waals surface area contributed by atoms with E-state index in [1.54, 1.807) is 6.20 Å². The van der Waals surface area contributed by atoms with Crippen molar-refractivity contribution in [2.75, 3.05) is 0 Å². The van der Waals surface area contributed by atoms with Gasteiger partial charge in [0.05, 0.1) is 0 Å². The maximum Gasteiger partial charge on any atom is 0.220 e. The number of aromatic nitrogens is 2. The van der Waals surface area contributed by atoms with Crippen LogP contribution in [0.3, 0.4) is 0 Å². The van der Waals surface area contributed by atoms with Gasteiger partial charge in [-0.05, 0) is 37.0 Å². The number of hydrogen-bond donors (Lipinski definition) is 1. The SMILES string of the molecule is Cc1nccn1-c1cccc(CNC(=O)CCC2CCCCC2)c1. The molecule has 128 valence electrons. The zero-order valence-corrected chi connectivity index (χ0v) is 14.5. The van der Waals surface area contributed by atoms with Crippen molar-refractivity contribution >= 4 is 5.91 Å². The Balaban J connectivity index is 1.49. The number of carbonyl (C=O) groups excluding carboxylic acids is 1. The number of nitrogens with one attached hydrogen (secondary N) is 1. The lowest BCUT2D eigenvalue weighted by molar-refractivity contribution is -0.121. The van der Waals surface area contributed by atoms with Crippen LogP contribution in [0.1, 0.15) is 56.3 Å². The fourth-order valence-electron chi connectivity index (χ4n) is 3.57. The maximum absolute atomic E-state index is 12.1. The van der Waals surface area contributed by atoms with E-state index in [4.69, 9.17) is 0 Å². The van der Waals surface area contributed by atoms with Crippen molar-refractivity contribution in [2.24, 2.45) is 5.92 Å². The predicted octanol–water partition coefficient (Wildman–Crippen LogP) is 4.16. The Kier molecular flexibility index (Phi) is 5.68. The molecule has 0 radical (unpaired) electrons. The van der Waals surface area contributed by atoms with E-state index in [-0.39, 0.29) is 5.91 Å². The molecule has 0 atom stereocenters. The molecular formula is C20H27N3O. The fourth-order valence-corrected chi connectivity index (χ4v) is 3.57. The number of nitrogens with zero attached hydrogens (tertiary/aromatic N) is 2. The highest BCUT2D eigenvalue weighted by atomic mass is 16.1. The molecule has 3 rings (SSSR count). The Bertz CT molecular complexity index is 671. The van der Waals surface area contributed by atoms with Crippen molar-refractivity contribution in [1.29, 1.82) is 0 Å². The molecule has 1 aliphatic rings. The predicted molar refractivity (Wildman–Crippen MR) is 96.0 cm³/mol. The number of imidazole rings is 1. The van der Waals surface area contributed by atoms with Crippen LogP contribution in [0.2, 0.25) is 0 Å². The first-order chi connectivity index (χ1) is 11.7. The molecule has 1 aromatic carbocycles. The molecular weight excluding hydrogens is 298 g/mol. The summed E-state index contributed by atoms with van der Waals surface area (Å²) in [5.74, 6) is 1.89. The third-order valence-electron chi connectivity index (χ3n) is 5.01. The molecule has 24 heavy (non-hydrogen) atoms. The number of carbonyl (C=O) groups is 1. The number of benzene rings is 1. The molecule has 4 heteroatoms. The quantitative estimate of drug-likeness (QED) is 0.867. The topological polar surface area (TPSA) is 46.9 Å². The van der Waals surface area contributed by atoms with Crippen LogP contribution < -0.4 is 5.32 Å². The minimum absolute atomic E-state index is 0.171. The minimum atomic E-state index is 0.171. The Hall–Kier alpha value is -2.10. The van der Waals surface area contributed by atoms with Crippen molar-refractivity contribution in [1.82, 2.24) is 14.9 Å². The fraction of sp³-hybridized carbons (Fsp3) is 0.500. The van der Waals surface area contributed by atoms with Crippen molar-refractivity contribution in [2.45, 2.75) is 58.4 Å². The largest absolute Gasteiger partial charge is 0.352 e. The van der Waals surface area contributed by atoms with Gasteiger partial charge < -0.3 is 9.88 Å². The monoisotopic (exact) mass is 325 g/mol. The van der Waals surface area contributed by atoms with E-state index in [0.29, 0.717) is 13.0 Å². The Morgan fingerprint density at radius 2 is 2.12 bits per heavy atom. The van der Waals surface area contributed by atoms with Crippen LogP contribution in [-0.4, -0.2) is 15.5 Å². The minimum Gasteiger partial charge on any atom is -0.352 e. The summed E-state index contributed by atoms with van der Waals surface area (Å²) in [6, 6.07) is 8.24. The molecule has 1 saturated carbocycles. The van der Waals surface area contributed by atoms with E-state index in [2.05, 4.69) is 28.5 Å². The summed E-state index contributed by atoms with van der Waals surface area (Å²) in [6.07, 6.45) is 12.1. The van der Waals surface area contributed by atoms with E-state index in [1.165, 1.54) is 32.1 Å². The van der Waals surface area contributed by atoms with Crippen molar-refractivity contribution in [3.8, 4) is 5.69 Å². The summed E-state index contributed by atoms with van der Waals surface area (Å²) >= 11 is 0. The second-order valence-corrected chi connectivity index (χ2v) is 6.83. The van der Waals surface area contributed by atoms with Crippen molar-refractivity contribution < 1.29 is 4.79 Å². The summed E-state index contributed by atoms with van der Waals surface area (Å²) in [7, 11) is 0. The standard InChI is InChI=1S/C20H27N3O/c1-16-21-12-13-23(16)19-9-5-8-18(14-19)15-22-20(24)11-10-17-6-3-2-4-7-17/h5,8-9,12-14,17H,2-4,6-7,10-11,15H2,1H3,(H,22,24). The van der Waals surface area contributed by atoms with Crippen LogP contribution in [0, 0.1) is 12.8 Å². The van der Waals surface area contributed by atoms with Crippen LogP contribution >= 0.6 is 0 Å².